The number of allylic oxidation sites excluding steroid dienone is 9. The van der Waals surface area contributed by atoms with Gasteiger partial charge in [0.2, 0.25) is 0 Å². The van der Waals surface area contributed by atoms with Gasteiger partial charge in [-0.25, -0.2) is 9.13 Å². The summed E-state index contributed by atoms with van der Waals surface area (Å²) in [6.45, 7) is 2.89. The van der Waals surface area contributed by atoms with E-state index >= 15 is 0 Å². The number of aliphatic hydroxyl groups is 5. The van der Waals surface area contributed by atoms with Gasteiger partial charge >= 0.3 is 27.6 Å². The zero-order chi connectivity index (χ0) is 49.1. The van der Waals surface area contributed by atoms with Crippen molar-refractivity contribution in [3.63, 3.8) is 0 Å². The number of aliphatic hydroxyl groups excluding tert-OH is 5. The predicted molar refractivity (Wildman–Crippen MR) is 252 cm³/mol. The highest BCUT2D eigenvalue weighted by Crippen LogP contribution is 2.49. The molecular formula is C47H82O17P2. The summed E-state index contributed by atoms with van der Waals surface area (Å²) in [5.74, 6) is -1.42. The highest BCUT2D eigenvalue weighted by atomic mass is 31.2. The van der Waals surface area contributed by atoms with Crippen LogP contribution in [0.3, 0.4) is 0 Å². The van der Waals surface area contributed by atoms with Gasteiger partial charge in [-0.15, -0.1) is 0 Å². The zero-order valence-corrected chi connectivity index (χ0v) is 41.0. The minimum Gasteiger partial charge on any atom is -0.462 e. The van der Waals surface area contributed by atoms with Gasteiger partial charge in [-0.05, 0) is 70.6 Å². The first-order chi connectivity index (χ1) is 31.5. The highest BCUT2D eigenvalue weighted by molar-refractivity contribution is 7.47. The van der Waals surface area contributed by atoms with E-state index in [1.54, 1.807) is 12.2 Å². The summed E-state index contributed by atoms with van der Waals surface area (Å²) in [6.07, 6.45) is 24.8. The number of ether oxygens (including phenoxy) is 2. The fourth-order valence-electron chi connectivity index (χ4n) is 6.89. The number of esters is 2. The Hall–Kier alpha value is -2.34. The maximum absolute atomic E-state index is 13.0. The number of unbranched alkanes of at least 4 members (excludes halogenated alkanes) is 14. The summed E-state index contributed by atoms with van der Waals surface area (Å²) in [5.41, 5.74) is 0. The maximum Gasteiger partial charge on any atom is 0.472 e. The number of carbonyl (C=O) groups is 2. The van der Waals surface area contributed by atoms with E-state index in [1.165, 1.54) is 57.8 Å². The number of phosphoric ester groups is 2. The minimum absolute atomic E-state index is 0.00826. The van der Waals surface area contributed by atoms with Gasteiger partial charge < -0.3 is 49.7 Å². The van der Waals surface area contributed by atoms with Crippen LogP contribution in [0.25, 0.3) is 0 Å². The second-order valence-electron chi connectivity index (χ2n) is 16.7. The van der Waals surface area contributed by atoms with Gasteiger partial charge in [-0.1, -0.05) is 139 Å². The molecule has 17 nitrogen and oxygen atoms in total. The number of hydrogen-bond acceptors (Lipinski definition) is 14. The molecule has 19 heteroatoms. The van der Waals surface area contributed by atoms with Crippen LogP contribution >= 0.6 is 15.6 Å². The molecule has 1 fully saturated rings. The van der Waals surface area contributed by atoms with Crippen LogP contribution in [0, 0.1) is 0 Å². The largest absolute Gasteiger partial charge is 0.472 e. The molecule has 0 saturated heterocycles. The molecule has 1 aliphatic carbocycles. The van der Waals surface area contributed by atoms with Crippen LogP contribution in [0.2, 0.25) is 0 Å². The van der Waals surface area contributed by atoms with E-state index in [0.29, 0.717) is 6.42 Å². The fraction of sp³-hybridized carbons (Fsp3) is 0.745. The molecule has 1 aliphatic rings. The molecule has 0 heterocycles. The summed E-state index contributed by atoms with van der Waals surface area (Å²) in [7, 11) is -10.7. The smallest absolute Gasteiger partial charge is 0.462 e. The number of hydrogen-bond donors (Lipinski definition) is 8. The molecule has 0 aliphatic heterocycles. The average Bonchev–Trinajstić information content (AvgIpc) is 3.26. The second kappa shape index (κ2) is 37.5. The average molecular weight is 981 g/mol. The van der Waals surface area contributed by atoms with Crippen LogP contribution in [0.1, 0.15) is 162 Å². The molecule has 9 atom stereocenters. The van der Waals surface area contributed by atoms with E-state index in [-0.39, 0.29) is 25.7 Å². The van der Waals surface area contributed by atoms with Crippen molar-refractivity contribution in [1.82, 2.24) is 0 Å². The van der Waals surface area contributed by atoms with E-state index in [9.17, 15) is 58.9 Å². The summed E-state index contributed by atoms with van der Waals surface area (Å²) in [5, 5.41) is 51.5. The molecule has 1 saturated carbocycles. The van der Waals surface area contributed by atoms with Crippen molar-refractivity contribution in [3.8, 4) is 0 Å². The molecule has 0 aromatic heterocycles. The van der Waals surface area contributed by atoms with Gasteiger partial charge in [0.15, 0.2) is 6.10 Å². The van der Waals surface area contributed by atoms with Gasteiger partial charge in [0.25, 0.3) is 0 Å². The molecule has 8 N–H and O–H groups in total. The van der Waals surface area contributed by atoms with Crippen LogP contribution in [0.15, 0.2) is 60.8 Å². The Kier molecular flexibility index (Phi) is 35.1. The Labute approximate surface area is 392 Å². The van der Waals surface area contributed by atoms with Gasteiger partial charge in [-0.3, -0.25) is 23.2 Å². The van der Waals surface area contributed by atoms with E-state index in [1.807, 2.05) is 12.2 Å². The lowest BCUT2D eigenvalue weighted by molar-refractivity contribution is -0.216. The minimum atomic E-state index is -5.39. The van der Waals surface area contributed by atoms with Crippen molar-refractivity contribution in [1.29, 1.82) is 0 Å². The van der Waals surface area contributed by atoms with Gasteiger partial charge in [0.05, 0.1) is 12.7 Å². The molecule has 5 unspecified atom stereocenters. The summed E-state index contributed by atoms with van der Waals surface area (Å²) in [6, 6.07) is 0. The van der Waals surface area contributed by atoms with Gasteiger partial charge in [0, 0.05) is 12.8 Å². The van der Waals surface area contributed by atoms with Crippen LogP contribution in [-0.2, 0) is 41.8 Å². The summed E-state index contributed by atoms with van der Waals surface area (Å²) in [4.78, 5) is 54.3. The molecule has 0 radical (unpaired) electrons. The maximum atomic E-state index is 13.0. The quantitative estimate of drug-likeness (QED) is 0.00951. The van der Waals surface area contributed by atoms with Crippen LogP contribution in [0.4, 0.5) is 0 Å². The van der Waals surface area contributed by atoms with E-state index < -0.39 is 89.6 Å². The number of phosphoric acid groups is 2. The standard InChI is InChI=1S/C47H82O17P2/c1-3-5-7-9-11-13-15-17-18-20-22-24-26-28-30-34-41(50)62-39(37-61-66(58,59)64-47-44(53)42(51)43(52)46(45(47)54)63-65(55,56)57)36-60-40(49)35-31-33-38(48)32-29-27-25-23-21-19-16-14-12-10-8-6-4-2/h12,14,17-19,21,25,27,29,32,38-39,42-48,51-54H,3-11,13,15-16,20,22-24,26,28,30-31,33-37H2,1-2H3,(H,58,59)(H2,55,56,57)/b14-12-,18-17-,21-19-,27-25-,32-29+/t38-,39-,42?,43?,44?,45?,46-,47+/m1/s1. The van der Waals surface area contributed by atoms with Crippen molar-refractivity contribution in [2.24, 2.45) is 0 Å². The van der Waals surface area contributed by atoms with Crippen molar-refractivity contribution in [2.45, 2.75) is 210 Å². The molecule has 0 aromatic rings. The second-order valence-corrected chi connectivity index (χ2v) is 19.3. The lowest BCUT2D eigenvalue weighted by Crippen LogP contribution is -2.64. The SMILES string of the molecule is CCCCC/C=C\C/C=C\C/C=C\C=C\[C@@H](O)CCCC(=O)OC[C@H](COP(=O)(O)O[C@H]1C(O)C(O)C(O)[C@@H](OP(=O)(O)O)C1O)OC(=O)CCCCCCC/C=C\CCCCCCCC. The molecule has 0 spiro atoms. The Morgan fingerprint density at radius 2 is 1.06 bits per heavy atom. The van der Waals surface area contributed by atoms with Crippen LogP contribution in [0.5, 0.6) is 0 Å². The zero-order valence-electron chi connectivity index (χ0n) is 39.2. The van der Waals surface area contributed by atoms with Crippen molar-refractivity contribution >= 4 is 27.6 Å². The molecular weight excluding hydrogens is 898 g/mol. The van der Waals surface area contributed by atoms with Crippen LogP contribution in [-0.4, -0.2) is 114 Å². The summed E-state index contributed by atoms with van der Waals surface area (Å²) < 4.78 is 49.2. The molecule has 0 bridgehead atoms. The molecule has 0 amide bonds. The van der Waals surface area contributed by atoms with Crippen molar-refractivity contribution in [2.75, 3.05) is 13.2 Å². The van der Waals surface area contributed by atoms with E-state index in [2.05, 4.69) is 54.8 Å². The molecule has 382 valence electrons. The monoisotopic (exact) mass is 981 g/mol. The highest BCUT2D eigenvalue weighted by Gasteiger charge is 2.54. The van der Waals surface area contributed by atoms with Gasteiger partial charge in [0.1, 0.15) is 43.2 Å². The van der Waals surface area contributed by atoms with Crippen molar-refractivity contribution < 1.29 is 82.0 Å². The lowest BCUT2D eigenvalue weighted by Gasteiger charge is -2.43. The Morgan fingerprint density at radius 3 is 1.68 bits per heavy atom. The molecule has 66 heavy (non-hydrogen) atoms. The third-order valence-corrected chi connectivity index (χ3v) is 12.2. The predicted octanol–water partition coefficient (Wildman–Crippen LogP) is 8.03. The Balaban J connectivity index is 2.68. The first-order valence-electron chi connectivity index (χ1n) is 23.9. The third-order valence-electron chi connectivity index (χ3n) is 10.7. The first-order valence-corrected chi connectivity index (χ1v) is 27.0. The molecule has 1 rings (SSSR count). The first kappa shape index (κ1) is 61.7. The van der Waals surface area contributed by atoms with Crippen LogP contribution < -0.4 is 0 Å². The fourth-order valence-corrected chi connectivity index (χ4v) is 8.43. The van der Waals surface area contributed by atoms with Gasteiger partial charge in [-0.2, -0.15) is 0 Å². The van der Waals surface area contributed by atoms with Crippen molar-refractivity contribution in [3.05, 3.63) is 60.8 Å². The number of carbonyl (C=O) groups excluding carboxylic acids is 2. The Morgan fingerprint density at radius 1 is 0.561 bits per heavy atom. The number of rotatable bonds is 39. The normalized spacial score (nSPS) is 22.5. The van der Waals surface area contributed by atoms with E-state index in [0.717, 1.165) is 57.8 Å². The van der Waals surface area contributed by atoms with E-state index in [4.69, 9.17) is 18.5 Å². The third kappa shape index (κ3) is 31.7. The topological polar surface area (TPSA) is 276 Å². The lowest BCUT2D eigenvalue weighted by atomic mass is 9.85. The Bertz CT molecular complexity index is 1530. The summed E-state index contributed by atoms with van der Waals surface area (Å²) >= 11 is 0. The molecule has 0 aromatic carbocycles.